The second-order valence-corrected chi connectivity index (χ2v) is 5.36. The molecule has 0 fully saturated rings. The minimum Gasteiger partial charge on any atom is -0.457 e. The fraction of sp³-hybridized carbons (Fsp3) is 0.0500. The van der Waals surface area contributed by atoms with Gasteiger partial charge in [-0.25, -0.2) is 9.18 Å². The number of esters is 1. The predicted octanol–water partition coefficient (Wildman–Crippen LogP) is 3.24. The fourth-order valence-electron chi connectivity index (χ4n) is 2.23. The number of ether oxygens (including phenoxy) is 1. The summed E-state index contributed by atoms with van der Waals surface area (Å²) < 4.78 is 19.2. The Morgan fingerprint density at radius 2 is 1.77 bits per heavy atom. The molecule has 0 saturated heterocycles. The zero-order valence-corrected chi connectivity index (χ0v) is 13.7. The molecule has 5 nitrogen and oxygen atoms in total. The average molecular weight is 350 g/mol. The molecule has 0 radical (unpaired) electrons. The molecule has 130 valence electrons. The highest BCUT2D eigenvalue weighted by atomic mass is 19.1. The van der Waals surface area contributed by atoms with Crippen LogP contribution in [0.2, 0.25) is 0 Å². The molecule has 0 atom stereocenters. The van der Waals surface area contributed by atoms with Crippen LogP contribution in [0.3, 0.4) is 0 Å². The second kappa shape index (κ2) is 8.02. The Balaban J connectivity index is 1.70. The lowest BCUT2D eigenvalue weighted by Crippen LogP contribution is -2.23. The van der Waals surface area contributed by atoms with Crippen LogP contribution in [0.5, 0.6) is 0 Å². The minimum absolute atomic E-state index is 0.0120. The number of aromatic nitrogens is 2. The van der Waals surface area contributed by atoms with Gasteiger partial charge in [0.1, 0.15) is 12.4 Å². The topological polar surface area (TPSA) is 61.2 Å². The Bertz CT molecular complexity index is 980. The lowest BCUT2D eigenvalue weighted by Gasteiger charge is -2.06. The van der Waals surface area contributed by atoms with Gasteiger partial charge in [0.2, 0.25) is 0 Å². The highest BCUT2D eigenvalue weighted by molar-refractivity contribution is 5.87. The molecule has 0 bridgehead atoms. The van der Waals surface area contributed by atoms with Crippen molar-refractivity contribution in [3.05, 3.63) is 100 Å². The summed E-state index contributed by atoms with van der Waals surface area (Å²) in [6.45, 7) is 0.0745. The number of hydrogen-bond acceptors (Lipinski definition) is 4. The van der Waals surface area contributed by atoms with E-state index in [0.717, 1.165) is 10.2 Å². The minimum atomic E-state index is -0.654. The van der Waals surface area contributed by atoms with E-state index < -0.39 is 17.3 Å². The Morgan fingerprint density at radius 1 is 1.04 bits per heavy atom. The van der Waals surface area contributed by atoms with Crippen LogP contribution in [0.1, 0.15) is 16.1 Å². The van der Waals surface area contributed by atoms with Crippen LogP contribution < -0.4 is 5.56 Å². The van der Waals surface area contributed by atoms with Crippen molar-refractivity contribution >= 4 is 12.0 Å². The maximum Gasteiger partial charge on any atom is 0.359 e. The summed E-state index contributed by atoms with van der Waals surface area (Å²) >= 11 is 0. The highest BCUT2D eigenvalue weighted by Gasteiger charge is 2.11. The van der Waals surface area contributed by atoms with Crippen LogP contribution in [0.25, 0.3) is 11.8 Å². The number of halogens is 1. The molecular formula is C20H15FN2O3. The van der Waals surface area contributed by atoms with Gasteiger partial charge in [-0.2, -0.15) is 9.78 Å². The summed E-state index contributed by atoms with van der Waals surface area (Å²) in [4.78, 5) is 24.1. The Labute approximate surface area is 149 Å². The van der Waals surface area contributed by atoms with Crippen molar-refractivity contribution in [3.63, 3.8) is 0 Å². The number of carbonyl (C=O) groups excluding carboxylic acids is 1. The quantitative estimate of drug-likeness (QED) is 0.663. The van der Waals surface area contributed by atoms with E-state index in [-0.39, 0.29) is 12.3 Å². The monoisotopic (exact) mass is 350 g/mol. The summed E-state index contributed by atoms with van der Waals surface area (Å²) in [6.07, 6.45) is 3.55. The standard InChI is InChI=1S/C20H15FN2O3/c21-16-8-10-17(11-9-16)23-19(24)13-12-18(22-23)20(25)26-14-4-7-15-5-2-1-3-6-15/h1-13H,14H2/b7-4-. The summed E-state index contributed by atoms with van der Waals surface area (Å²) in [5.41, 5.74) is 0.903. The second-order valence-electron chi connectivity index (χ2n) is 5.36. The van der Waals surface area contributed by atoms with Crippen molar-refractivity contribution < 1.29 is 13.9 Å². The maximum absolute atomic E-state index is 13.0. The molecule has 0 unspecified atom stereocenters. The first-order valence-corrected chi connectivity index (χ1v) is 7.88. The van der Waals surface area contributed by atoms with Gasteiger partial charge in [0.15, 0.2) is 5.69 Å². The average Bonchev–Trinajstić information content (AvgIpc) is 2.67. The predicted molar refractivity (Wildman–Crippen MR) is 95.6 cm³/mol. The van der Waals surface area contributed by atoms with Crippen LogP contribution >= 0.6 is 0 Å². The third-order valence-electron chi connectivity index (χ3n) is 3.50. The fourth-order valence-corrected chi connectivity index (χ4v) is 2.23. The van der Waals surface area contributed by atoms with Crippen molar-refractivity contribution in [1.29, 1.82) is 0 Å². The molecular weight excluding hydrogens is 335 g/mol. The van der Waals surface area contributed by atoms with Gasteiger partial charge in [0, 0.05) is 6.07 Å². The number of rotatable bonds is 5. The van der Waals surface area contributed by atoms with Gasteiger partial charge in [-0.3, -0.25) is 4.79 Å². The SMILES string of the molecule is O=C(OC/C=C\c1ccccc1)c1ccc(=O)n(-c2ccc(F)cc2)n1. The first-order chi connectivity index (χ1) is 12.6. The van der Waals surface area contributed by atoms with Crippen LogP contribution in [0.4, 0.5) is 4.39 Å². The van der Waals surface area contributed by atoms with E-state index >= 15 is 0 Å². The molecule has 2 aromatic carbocycles. The molecule has 1 heterocycles. The number of hydrogen-bond donors (Lipinski definition) is 0. The molecule has 3 aromatic rings. The van der Waals surface area contributed by atoms with Crippen molar-refractivity contribution in [2.24, 2.45) is 0 Å². The molecule has 6 heteroatoms. The van der Waals surface area contributed by atoms with Gasteiger partial charge in [-0.1, -0.05) is 36.4 Å². The van der Waals surface area contributed by atoms with E-state index in [2.05, 4.69) is 5.10 Å². The molecule has 26 heavy (non-hydrogen) atoms. The van der Waals surface area contributed by atoms with Gasteiger partial charge in [-0.05, 0) is 42.0 Å². The molecule has 1 aromatic heterocycles. The first-order valence-electron chi connectivity index (χ1n) is 7.88. The Kier molecular flexibility index (Phi) is 5.34. The summed E-state index contributed by atoms with van der Waals surface area (Å²) in [6, 6.07) is 17.3. The van der Waals surface area contributed by atoms with Crippen LogP contribution in [0.15, 0.2) is 77.6 Å². The third-order valence-corrected chi connectivity index (χ3v) is 3.50. The van der Waals surface area contributed by atoms with Crippen LogP contribution in [-0.4, -0.2) is 22.4 Å². The molecule has 0 aliphatic carbocycles. The van der Waals surface area contributed by atoms with Crippen LogP contribution in [0, 0.1) is 5.82 Å². The molecule has 3 rings (SSSR count). The number of benzene rings is 2. The van der Waals surface area contributed by atoms with Gasteiger partial charge in [-0.15, -0.1) is 0 Å². The van der Waals surface area contributed by atoms with E-state index in [4.69, 9.17) is 4.74 Å². The Hall–Kier alpha value is -3.54. The first kappa shape index (κ1) is 17.3. The number of nitrogens with zero attached hydrogens (tertiary/aromatic N) is 2. The van der Waals surface area contributed by atoms with Gasteiger partial charge >= 0.3 is 5.97 Å². The molecule has 0 aliphatic heterocycles. The van der Waals surface area contributed by atoms with Gasteiger partial charge in [0.05, 0.1) is 5.69 Å². The summed E-state index contributed by atoms with van der Waals surface area (Å²) in [5.74, 6) is -1.08. The lowest BCUT2D eigenvalue weighted by atomic mass is 10.2. The van der Waals surface area contributed by atoms with E-state index in [1.165, 1.54) is 36.4 Å². The van der Waals surface area contributed by atoms with Crippen molar-refractivity contribution in [2.45, 2.75) is 0 Å². The Morgan fingerprint density at radius 3 is 2.50 bits per heavy atom. The van der Waals surface area contributed by atoms with E-state index in [0.29, 0.717) is 5.69 Å². The molecule has 0 spiro atoms. The molecule has 0 saturated carbocycles. The van der Waals surface area contributed by atoms with E-state index in [1.807, 2.05) is 36.4 Å². The van der Waals surface area contributed by atoms with Crippen molar-refractivity contribution in [2.75, 3.05) is 6.61 Å². The normalized spacial score (nSPS) is 10.8. The molecule has 0 amide bonds. The van der Waals surface area contributed by atoms with E-state index in [1.54, 1.807) is 6.08 Å². The summed E-state index contributed by atoms with van der Waals surface area (Å²) in [5, 5.41) is 3.99. The lowest BCUT2D eigenvalue weighted by molar-refractivity contribution is 0.0541. The van der Waals surface area contributed by atoms with Gasteiger partial charge in [0.25, 0.3) is 5.56 Å². The van der Waals surface area contributed by atoms with E-state index in [9.17, 15) is 14.0 Å². The van der Waals surface area contributed by atoms with Crippen LogP contribution in [-0.2, 0) is 4.74 Å². The largest absolute Gasteiger partial charge is 0.457 e. The zero-order chi connectivity index (χ0) is 18.4. The van der Waals surface area contributed by atoms with Gasteiger partial charge < -0.3 is 4.74 Å². The summed E-state index contributed by atoms with van der Waals surface area (Å²) in [7, 11) is 0. The number of carbonyl (C=O) groups is 1. The molecule has 0 N–H and O–H groups in total. The maximum atomic E-state index is 13.0. The highest BCUT2D eigenvalue weighted by Crippen LogP contribution is 2.06. The van der Waals surface area contributed by atoms with Crippen molar-refractivity contribution in [1.82, 2.24) is 9.78 Å². The smallest absolute Gasteiger partial charge is 0.359 e. The zero-order valence-electron chi connectivity index (χ0n) is 13.7. The molecule has 0 aliphatic rings. The third kappa shape index (κ3) is 4.30. The van der Waals surface area contributed by atoms with Crippen molar-refractivity contribution in [3.8, 4) is 5.69 Å².